The monoisotopic (exact) mass is 442 g/mol. The van der Waals surface area contributed by atoms with Gasteiger partial charge in [0.05, 0.1) is 11.4 Å². The van der Waals surface area contributed by atoms with Crippen LogP contribution in [-0.2, 0) is 27.8 Å². The molecule has 0 aliphatic carbocycles. The zero-order valence-electron chi connectivity index (χ0n) is 16.4. The lowest BCUT2D eigenvalue weighted by Crippen LogP contribution is -2.40. The van der Waals surface area contributed by atoms with Crippen molar-refractivity contribution in [3.8, 4) is 0 Å². The van der Waals surface area contributed by atoms with Gasteiger partial charge in [0.2, 0.25) is 15.9 Å². The third-order valence-corrected chi connectivity index (χ3v) is 6.61. The summed E-state index contributed by atoms with van der Waals surface area (Å²) in [5.41, 5.74) is 1.85. The van der Waals surface area contributed by atoms with Gasteiger partial charge in [-0.15, -0.1) is 0 Å². The molecule has 3 aromatic rings. The number of halogens is 1. The number of benzene rings is 3. The van der Waals surface area contributed by atoms with Crippen LogP contribution in [0.4, 0.5) is 0 Å². The molecule has 0 unspecified atom stereocenters. The highest BCUT2D eigenvalue weighted by atomic mass is 35.5. The van der Waals surface area contributed by atoms with Gasteiger partial charge in [0.1, 0.15) is 0 Å². The fourth-order valence-corrected chi connectivity index (χ4v) is 4.50. The molecular formula is C23H23ClN2O3S. The Morgan fingerprint density at radius 2 is 1.43 bits per heavy atom. The number of rotatable bonds is 9. The predicted molar refractivity (Wildman–Crippen MR) is 119 cm³/mol. The van der Waals surface area contributed by atoms with Gasteiger partial charge in [-0.1, -0.05) is 72.3 Å². The Labute approximate surface area is 182 Å². The van der Waals surface area contributed by atoms with Crippen molar-refractivity contribution >= 4 is 27.5 Å². The second kappa shape index (κ2) is 10.4. The standard InChI is InChI=1S/C23H23ClN2O3S/c24-21-13-11-20(12-14-21)17-26(30(28,29)22-9-5-2-6-10-22)18-23(27)25-16-15-19-7-3-1-4-8-19/h1-14H,15-18H2,(H,25,27). The molecule has 0 aromatic heterocycles. The molecule has 0 spiro atoms. The minimum Gasteiger partial charge on any atom is -0.355 e. The van der Waals surface area contributed by atoms with E-state index in [-0.39, 0.29) is 23.9 Å². The first-order valence-electron chi connectivity index (χ1n) is 9.55. The van der Waals surface area contributed by atoms with Crippen molar-refractivity contribution in [2.45, 2.75) is 17.9 Å². The second-order valence-corrected chi connectivity index (χ2v) is 9.17. The third kappa shape index (κ3) is 6.16. The van der Waals surface area contributed by atoms with E-state index in [2.05, 4.69) is 5.32 Å². The summed E-state index contributed by atoms with van der Waals surface area (Å²) >= 11 is 5.93. The number of amides is 1. The maximum atomic E-state index is 13.2. The van der Waals surface area contributed by atoms with Gasteiger partial charge in [-0.25, -0.2) is 8.42 Å². The summed E-state index contributed by atoms with van der Waals surface area (Å²) < 4.78 is 27.5. The van der Waals surface area contributed by atoms with Crippen molar-refractivity contribution in [3.63, 3.8) is 0 Å². The SMILES string of the molecule is O=C(CN(Cc1ccc(Cl)cc1)S(=O)(=O)c1ccccc1)NCCc1ccccc1. The lowest BCUT2D eigenvalue weighted by molar-refractivity contribution is -0.121. The average molecular weight is 443 g/mol. The normalized spacial score (nSPS) is 11.4. The maximum absolute atomic E-state index is 13.2. The molecule has 0 aliphatic rings. The lowest BCUT2D eigenvalue weighted by atomic mass is 10.1. The molecule has 5 nitrogen and oxygen atoms in total. The molecule has 0 bridgehead atoms. The number of nitrogens with zero attached hydrogens (tertiary/aromatic N) is 1. The van der Waals surface area contributed by atoms with Crippen LogP contribution in [0.15, 0.2) is 89.8 Å². The number of sulfonamides is 1. The second-order valence-electron chi connectivity index (χ2n) is 6.80. The Kier molecular flexibility index (Phi) is 7.63. The average Bonchev–Trinajstić information content (AvgIpc) is 2.76. The van der Waals surface area contributed by atoms with Gasteiger partial charge in [-0.05, 0) is 41.8 Å². The Hall–Kier alpha value is -2.67. The molecule has 1 N–H and O–H groups in total. The summed E-state index contributed by atoms with van der Waals surface area (Å²) in [7, 11) is -3.84. The van der Waals surface area contributed by atoms with E-state index in [1.807, 2.05) is 30.3 Å². The molecule has 0 aliphatic heterocycles. The smallest absolute Gasteiger partial charge is 0.243 e. The summed E-state index contributed by atoms with van der Waals surface area (Å²) in [6.07, 6.45) is 0.676. The van der Waals surface area contributed by atoms with Crippen LogP contribution in [0.1, 0.15) is 11.1 Å². The highest BCUT2D eigenvalue weighted by Crippen LogP contribution is 2.19. The fourth-order valence-electron chi connectivity index (χ4n) is 2.97. The number of hydrogen-bond donors (Lipinski definition) is 1. The molecule has 1 amide bonds. The summed E-state index contributed by atoms with van der Waals surface area (Å²) in [5.74, 6) is -0.348. The minimum atomic E-state index is -3.84. The van der Waals surface area contributed by atoms with Crippen LogP contribution < -0.4 is 5.32 Å². The fraction of sp³-hybridized carbons (Fsp3) is 0.174. The number of hydrogen-bond acceptors (Lipinski definition) is 3. The first-order chi connectivity index (χ1) is 14.4. The summed E-state index contributed by atoms with van der Waals surface area (Å²) in [6, 6.07) is 24.8. The molecule has 0 fully saturated rings. The van der Waals surface area contributed by atoms with Crippen LogP contribution in [0.3, 0.4) is 0 Å². The predicted octanol–water partition coefficient (Wildman–Crippen LogP) is 3.89. The van der Waals surface area contributed by atoms with Gasteiger partial charge in [-0.3, -0.25) is 4.79 Å². The topological polar surface area (TPSA) is 66.5 Å². The number of carbonyl (C=O) groups is 1. The van der Waals surface area contributed by atoms with Gasteiger partial charge in [-0.2, -0.15) is 4.31 Å². The first-order valence-corrected chi connectivity index (χ1v) is 11.4. The van der Waals surface area contributed by atoms with Crippen molar-refractivity contribution in [3.05, 3.63) is 101 Å². The molecule has 0 saturated carbocycles. The van der Waals surface area contributed by atoms with Crippen LogP contribution in [0.25, 0.3) is 0 Å². The van der Waals surface area contributed by atoms with Crippen LogP contribution in [-0.4, -0.2) is 31.7 Å². The van der Waals surface area contributed by atoms with Crippen LogP contribution in [0.5, 0.6) is 0 Å². The third-order valence-electron chi connectivity index (χ3n) is 4.55. The zero-order chi connectivity index (χ0) is 21.4. The van der Waals surface area contributed by atoms with Crippen LogP contribution in [0.2, 0.25) is 5.02 Å². The van der Waals surface area contributed by atoms with Gasteiger partial charge in [0.15, 0.2) is 0 Å². The van der Waals surface area contributed by atoms with Crippen molar-refractivity contribution in [1.29, 1.82) is 0 Å². The van der Waals surface area contributed by atoms with Gasteiger partial charge in [0, 0.05) is 18.1 Å². The quantitative estimate of drug-likeness (QED) is 0.546. The van der Waals surface area contributed by atoms with Gasteiger partial charge in [0.25, 0.3) is 0 Å². The molecule has 156 valence electrons. The molecule has 3 aromatic carbocycles. The molecule has 7 heteroatoms. The zero-order valence-corrected chi connectivity index (χ0v) is 17.9. The molecule has 30 heavy (non-hydrogen) atoms. The summed E-state index contributed by atoms with van der Waals surface area (Å²) in [6.45, 7) is 0.234. The van der Waals surface area contributed by atoms with Crippen molar-refractivity contribution in [2.24, 2.45) is 0 Å². The summed E-state index contributed by atoms with van der Waals surface area (Å²) in [5, 5.41) is 3.38. The van der Waals surface area contributed by atoms with Crippen LogP contribution in [0, 0.1) is 0 Å². The van der Waals surface area contributed by atoms with E-state index in [4.69, 9.17) is 11.6 Å². The molecule has 0 heterocycles. The van der Waals surface area contributed by atoms with E-state index in [1.54, 1.807) is 42.5 Å². The summed E-state index contributed by atoms with van der Waals surface area (Å²) in [4.78, 5) is 12.7. The minimum absolute atomic E-state index is 0.0699. The molecule has 0 saturated heterocycles. The van der Waals surface area contributed by atoms with Gasteiger partial charge < -0.3 is 5.32 Å². The van der Waals surface area contributed by atoms with Gasteiger partial charge >= 0.3 is 0 Å². The van der Waals surface area contributed by atoms with Crippen LogP contribution >= 0.6 is 11.6 Å². The van der Waals surface area contributed by atoms with E-state index in [9.17, 15) is 13.2 Å². The highest BCUT2D eigenvalue weighted by molar-refractivity contribution is 7.89. The molecule has 3 rings (SSSR count). The van der Waals surface area contributed by atoms with E-state index < -0.39 is 10.0 Å². The van der Waals surface area contributed by atoms with Crippen molar-refractivity contribution < 1.29 is 13.2 Å². The number of nitrogens with one attached hydrogen (secondary N) is 1. The Morgan fingerprint density at radius 1 is 0.833 bits per heavy atom. The number of carbonyl (C=O) groups excluding carboxylic acids is 1. The van der Waals surface area contributed by atoms with E-state index in [0.717, 1.165) is 11.1 Å². The Morgan fingerprint density at radius 3 is 2.07 bits per heavy atom. The molecule has 0 radical (unpaired) electrons. The van der Waals surface area contributed by atoms with Crippen molar-refractivity contribution in [2.75, 3.05) is 13.1 Å². The highest BCUT2D eigenvalue weighted by Gasteiger charge is 2.26. The molecular weight excluding hydrogens is 420 g/mol. The largest absolute Gasteiger partial charge is 0.355 e. The van der Waals surface area contributed by atoms with E-state index >= 15 is 0 Å². The Bertz CT molecular complexity index is 1060. The Balaban J connectivity index is 1.71. The van der Waals surface area contributed by atoms with E-state index in [0.29, 0.717) is 18.0 Å². The molecule has 0 atom stereocenters. The lowest BCUT2D eigenvalue weighted by Gasteiger charge is -2.22. The van der Waals surface area contributed by atoms with Crippen molar-refractivity contribution in [1.82, 2.24) is 9.62 Å². The van der Waals surface area contributed by atoms with E-state index in [1.165, 1.54) is 16.4 Å². The maximum Gasteiger partial charge on any atom is 0.243 e. The first kappa shape index (κ1) is 22.0.